The Morgan fingerprint density at radius 2 is 1.94 bits per heavy atom. The maximum absolute atomic E-state index is 12.5. The molecule has 4 aliphatic carbocycles. The molecule has 170 valence electrons. The van der Waals surface area contributed by atoms with Crippen LogP contribution in [0.25, 0.3) is 0 Å². The van der Waals surface area contributed by atoms with Crippen LogP contribution in [-0.4, -0.2) is 58.3 Å². The van der Waals surface area contributed by atoms with Crippen LogP contribution in [-0.2, 0) is 19.1 Å². The van der Waals surface area contributed by atoms with Crippen LogP contribution in [0.15, 0.2) is 23.3 Å². The van der Waals surface area contributed by atoms with Gasteiger partial charge in [-0.25, -0.2) is 0 Å². The fourth-order valence-corrected chi connectivity index (χ4v) is 7.60. The van der Waals surface area contributed by atoms with E-state index in [0.29, 0.717) is 18.4 Å². The predicted molar refractivity (Wildman–Crippen MR) is 111 cm³/mol. The van der Waals surface area contributed by atoms with Crippen LogP contribution in [0.3, 0.4) is 0 Å². The molecule has 0 aliphatic heterocycles. The summed E-state index contributed by atoms with van der Waals surface area (Å²) in [5, 5.41) is 32.2. The Balaban J connectivity index is 1.76. The lowest BCUT2D eigenvalue weighted by Gasteiger charge is -2.60. The summed E-state index contributed by atoms with van der Waals surface area (Å²) in [4.78, 5) is 37.0. The average molecular weight is 433 g/mol. The van der Waals surface area contributed by atoms with Crippen LogP contribution in [0.2, 0.25) is 0 Å². The van der Waals surface area contributed by atoms with E-state index in [1.54, 1.807) is 6.08 Å². The minimum Gasteiger partial charge on any atom is -0.469 e. The number of methoxy groups -OCH3 is 1. The van der Waals surface area contributed by atoms with Crippen LogP contribution in [0, 0.1) is 28.6 Å². The Bertz CT molecular complexity index is 888. The van der Waals surface area contributed by atoms with Crippen molar-refractivity contribution in [1.29, 1.82) is 0 Å². The number of esters is 1. The predicted octanol–water partition coefficient (Wildman–Crippen LogP) is 1.49. The van der Waals surface area contributed by atoms with Crippen molar-refractivity contribution in [2.24, 2.45) is 28.6 Å². The highest BCUT2D eigenvalue weighted by atomic mass is 16.5. The van der Waals surface area contributed by atoms with Crippen molar-refractivity contribution < 1.29 is 34.4 Å². The average Bonchev–Trinajstić information content (AvgIpc) is 2.99. The fourth-order valence-electron chi connectivity index (χ4n) is 7.60. The quantitative estimate of drug-likeness (QED) is 0.576. The van der Waals surface area contributed by atoms with E-state index < -0.39 is 40.9 Å². The zero-order valence-electron chi connectivity index (χ0n) is 18.4. The van der Waals surface area contributed by atoms with Crippen molar-refractivity contribution in [3.63, 3.8) is 0 Å². The number of Topliss-reactive ketones (excluding diaryl/α,β-unsaturated/α-hetero) is 1. The van der Waals surface area contributed by atoms with Gasteiger partial charge in [0.1, 0.15) is 12.2 Å². The van der Waals surface area contributed by atoms with Crippen LogP contribution >= 0.6 is 0 Å². The number of ether oxygens (including phenoxy) is 1. The molecular weight excluding hydrogens is 400 g/mol. The number of rotatable bonds is 4. The Morgan fingerprint density at radius 3 is 2.58 bits per heavy atom. The number of carbonyl (C=O) groups is 3. The van der Waals surface area contributed by atoms with E-state index in [-0.39, 0.29) is 42.8 Å². The minimum absolute atomic E-state index is 0.00298. The molecule has 7 nitrogen and oxygen atoms in total. The van der Waals surface area contributed by atoms with Gasteiger partial charge >= 0.3 is 5.97 Å². The summed E-state index contributed by atoms with van der Waals surface area (Å²) in [6.45, 7) is 3.14. The van der Waals surface area contributed by atoms with Gasteiger partial charge in [0.25, 0.3) is 0 Å². The second kappa shape index (κ2) is 7.36. The van der Waals surface area contributed by atoms with E-state index >= 15 is 0 Å². The largest absolute Gasteiger partial charge is 0.469 e. The number of fused-ring (bicyclic) bond motifs is 5. The van der Waals surface area contributed by atoms with Crippen LogP contribution < -0.4 is 0 Å². The lowest BCUT2D eigenvalue weighted by molar-refractivity contribution is -0.179. The number of hydrogen-bond acceptors (Lipinski definition) is 7. The molecule has 4 rings (SSSR count). The smallest absolute Gasteiger partial charge is 0.309 e. The van der Waals surface area contributed by atoms with Gasteiger partial charge in [0.15, 0.2) is 11.6 Å². The zero-order valence-corrected chi connectivity index (χ0v) is 18.4. The molecule has 4 aliphatic rings. The first kappa shape index (κ1) is 22.4. The van der Waals surface area contributed by atoms with Gasteiger partial charge in [-0.15, -0.1) is 0 Å². The third kappa shape index (κ3) is 2.93. The maximum Gasteiger partial charge on any atom is 0.309 e. The van der Waals surface area contributed by atoms with Crippen LogP contribution in [0.1, 0.15) is 52.4 Å². The molecule has 0 spiro atoms. The Hall–Kier alpha value is -1.83. The molecular formula is C24H32O7. The lowest BCUT2D eigenvalue weighted by Crippen LogP contribution is -2.62. The Morgan fingerprint density at radius 1 is 1.23 bits per heavy atom. The maximum atomic E-state index is 12.5. The van der Waals surface area contributed by atoms with Crippen molar-refractivity contribution in [3.05, 3.63) is 23.3 Å². The molecule has 0 aromatic heterocycles. The molecule has 0 saturated heterocycles. The molecule has 0 aromatic rings. The van der Waals surface area contributed by atoms with Gasteiger partial charge in [0, 0.05) is 16.7 Å². The van der Waals surface area contributed by atoms with Gasteiger partial charge < -0.3 is 20.1 Å². The number of carbonyl (C=O) groups excluding carboxylic acids is 3. The number of hydrogen-bond donors (Lipinski definition) is 3. The van der Waals surface area contributed by atoms with Gasteiger partial charge in [0.2, 0.25) is 0 Å². The summed E-state index contributed by atoms with van der Waals surface area (Å²) in [5.41, 5.74) is -1.54. The van der Waals surface area contributed by atoms with Crippen molar-refractivity contribution in [1.82, 2.24) is 0 Å². The minimum atomic E-state index is -1.65. The number of allylic oxidation sites excluding steroid dienone is 3. The number of aliphatic hydroxyl groups excluding tert-OH is 2. The van der Waals surface area contributed by atoms with Gasteiger partial charge in [-0.2, -0.15) is 0 Å². The second-order valence-electron chi connectivity index (χ2n) is 10.2. The van der Waals surface area contributed by atoms with E-state index in [2.05, 4.69) is 0 Å². The van der Waals surface area contributed by atoms with Gasteiger partial charge in [-0.05, 0) is 61.7 Å². The summed E-state index contributed by atoms with van der Waals surface area (Å²) >= 11 is 0. The van der Waals surface area contributed by atoms with E-state index in [9.17, 15) is 29.7 Å². The van der Waals surface area contributed by atoms with Gasteiger partial charge in [-0.3, -0.25) is 14.4 Å². The highest BCUT2D eigenvalue weighted by molar-refractivity contribution is 6.02. The SMILES string of the molecule is COC(=O)CC1=CC(=O)C=C2CC[C@@H]3[C@H]([C@@H](O)C[C@@]4(C)[C@H]3CC[C@]4(O)C(=O)CO)[C@]21C. The highest BCUT2D eigenvalue weighted by Crippen LogP contribution is 2.68. The molecule has 0 aromatic carbocycles. The summed E-state index contributed by atoms with van der Waals surface area (Å²) < 4.78 is 4.86. The monoisotopic (exact) mass is 432 g/mol. The van der Waals surface area contributed by atoms with E-state index in [1.165, 1.54) is 13.2 Å². The molecule has 7 heteroatoms. The fraction of sp³-hybridized carbons (Fsp3) is 0.708. The number of aliphatic hydroxyl groups is 3. The second-order valence-corrected chi connectivity index (χ2v) is 10.2. The molecule has 0 radical (unpaired) electrons. The molecule has 3 fully saturated rings. The summed E-state index contributed by atoms with van der Waals surface area (Å²) in [6, 6.07) is 0. The molecule has 0 amide bonds. The normalized spacial score (nSPS) is 43.9. The van der Waals surface area contributed by atoms with E-state index in [1.807, 2.05) is 13.8 Å². The standard InChI is InChI=1S/C24H32O7/c1-22-11-18(27)21-16(17(22)6-7-24(22,30)19(28)12-25)5-4-13-8-15(26)9-14(23(13,21)2)10-20(29)31-3/h8-9,16-18,21,25,27,30H,4-7,10-12H2,1-3H3/t16-,17-,18-,21+,22-,23+,24-/m0/s1. The van der Waals surface area contributed by atoms with Gasteiger partial charge in [0.05, 0.1) is 19.6 Å². The summed E-state index contributed by atoms with van der Waals surface area (Å²) in [6.07, 6.45) is 4.83. The molecule has 31 heavy (non-hydrogen) atoms. The summed E-state index contributed by atoms with van der Waals surface area (Å²) in [5.74, 6) is -1.38. The first-order valence-corrected chi connectivity index (χ1v) is 11.1. The molecule has 3 saturated carbocycles. The van der Waals surface area contributed by atoms with Crippen molar-refractivity contribution in [2.45, 2.75) is 64.1 Å². The third-order valence-corrected chi connectivity index (χ3v) is 9.15. The van der Waals surface area contributed by atoms with Gasteiger partial charge in [-0.1, -0.05) is 19.4 Å². The Kier molecular flexibility index (Phi) is 5.31. The zero-order chi connectivity index (χ0) is 22.8. The van der Waals surface area contributed by atoms with Crippen LogP contribution in [0.5, 0.6) is 0 Å². The molecule has 0 heterocycles. The highest BCUT2D eigenvalue weighted by Gasteiger charge is 2.68. The van der Waals surface area contributed by atoms with E-state index in [4.69, 9.17) is 4.74 Å². The Labute approximate surface area is 182 Å². The third-order valence-electron chi connectivity index (χ3n) is 9.15. The molecule has 7 atom stereocenters. The number of ketones is 2. The summed E-state index contributed by atoms with van der Waals surface area (Å²) in [7, 11) is 1.31. The first-order chi connectivity index (χ1) is 14.5. The first-order valence-electron chi connectivity index (χ1n) is 11.1. The van der Waals surface area contributed by atoms with Crippen molar-refractivity contribution in [3.8, 4) is 0 Å². The topological polar surface area (TPSA) is 121 Å². The van der Waals surface area contributed by atoms with Crippen LogP contribution in [0.4, 0.5) is 0 Å². The molecule has 0 unspecified atom stereocenters. The van der Waals surface area contributed by atoms with Crippen molar-refractivity contribution >= 4 is 17.5 Å². The van der Waals surface area contributed by atoms with Crippen molar-refractivity contribution in [2.75, 3.05) is 13.7 Å². The lowest BCUT2D eigenvalue weighted by atomic mass is 9.44. The van der Waals surface area contributed by atoms with E-state index in [0.717, 1.165) is 12.0 Å². The molecule has 3 N–H and O–H groups in total. The molecule has 0 bridgehead atoms.